The Bertz CT molecular complexity index is 1010. The fourth-order valence-electron chi connectivity index (χ4n) is 4.25. The number of halogens is 3. The van der Waals surface area contributed by atoms with Crippen LogP contribution in [0, 0.1) is 5.92 Å². The van der Waals surface area contributed by atoms with Crippen LogP contribution >= 0.6 is 0 Å². The van der Waals surface area contributed by atoms with Gasteiger partial charge in [0.05, 0.1) is 17.8 Å². The number of carbonyl (C=O) groups is 1. The van der Waals surface area contributed by atoms with Gasteiger partial charge in [0.15, 0.2) is 0 Å². The number of nitrogens with zero attached hydrogens (tertiary/aromatic N) is 3. The minimum Gasteiger partial charge on any atom is -0.490 e. The van der Waals surface area contributed by atoms with Gasteiger partial charge in [-0.25, -0.2) is 0 Å². The number of fused-ring (bicyclic) bond motifs is 1. The second-order valence-electron chi connectivity index (χ2n) is 9.94. The van der Waals surface area contributed by atoms with Crippen LogP contribution in [0.2, 0.25) is 0 Å². The van der Waals surface area contributed by atoms with Gasteiger partial charge in [-0.15, -0.1) is 0 Å². The lowest BCUT2D eigenvalue weighted by molar-refractivity contribution is -0.137. The van der Waals surface area contributed by atoms with Crippen molar-refractivity contribution in [2.75, 3.05) is 58.7 Å². The van der Waals surface area contributed by atoms with Crippen LogP contribution < -0.4 is 10.1 Å². The molecule has 9 heteroatoms. The molecule has 0 spiro atoms. The highest BCUT2D eigenvalue weighted by molar-refractivity contribution is 5.81. The lowest BCUT2D eigenvalue weighted by Gasteiger charge is -2.25. The Labute approximate surface area is 212 Å². The third-order valence-corrected chi connectivity index (χ3v) is 6.00. The summed E-state index contributed by atoms with van der Waals surface area (Å²) in [6, 6.07) is 11.0. The van der Waals surface area contributed by atoms with Gasteiger partial charge in [-0.3, -0.25) is 9.69 Å². The number of anilines is 1. The van der Waals surface area contributed by atoms with E-state index in [-0.39, 0.29) is 19.0 Å². The maximum Gasteiger partial charge on any atom is 0.416 e. The number of rotatable bonds is 10. The van der Waals surface area contributed by atoms with Crippen LogP contribution in [0.5, 0.6) is 5.75 Å². The minimum absolute atomic E-state index is 0.0158. The molecule has 1 aliphatic heterocycles. The van der Waals surface area contributed by atoms with Crippen LogP contribution in [0.25, 0.3) is 0 Å². The Morgan fingerprint density at radius 3 is 2.58 bits per heavy atom. The van der Waals surface area contributed by atoms with Gasteiger partial charge in [0.1, 0.15) is 12.4 Å². The first-order valence-electron chi connectivity index (χ1n) is 12.3. The SMILES string of the molecule is CC(C)CN1CCOc2c(cccc2NCC(=O)N(CCN(C)C)Cc2cccc(C(F)(F)F)c2)C1. The maximum atomic E-state index is 13.2. The third kappa shape index (κ3) is 8.13. The fourth-order valence-corrected chi connectivity index (χ4v) is 4.25. The monoisotopic (exact) mass is 506 g/mol. The number of ether oxygens (including phenoxy) is 1. The second kappa shape index (κ2) is 12.5. The molecule has 0 aliphatic carbocycles. The molecule has 0 radical (unpaired) electrons. The molecule has 0 saturated carbocycles. The number of para-hydroxylation sites is 1. The van der Waals surface area contributed by atoms with E-state index in [1.165, 1.54) is 6.07 Å². The van der Waals surface area contributed by atoms with E-state index in [1.807, 2.05) is 37.2 Å². The maximum absolute atomic E-state index is 13.2. The summed E-state index contributed by atoms with van der Waals surface area (Å²) in [7, 11) is 3.79. The smallest absolute Gasteiger partial charge is 0.416 e. The molecule has 1 amide bonds. The summed E-state index contributed by atoms with van der Waals surface area (Å²) in [5, 5.41) is 3.22. The molecular formula is C27H37F3N4O2. The quantitative estimate of drug-likeness (QED) is 0.512. The van der Waals surface area contributed by atoms with Gasteiger partial charge in [-0.2, -0.15) is 13.2 Å². The Morgan fingerprint density at radius 1 is 1.14 bits per heavy atom. The van der Waals surface area contributed by atoms with Crippen LogP contribution in [0.3, 0.4) is 0 Å². The summed E-state index contributed by atoms with van der Waals surface area (Å²) in [5.74, 6) is 1.12. The molecule has 2 aromatic rings. The molecule has 2 aromatic carbocycles. The van der Waals surface area contributed by atoms with Crippen molar-refractivity contribution in [1.29, 1.82) is 0 Å². The molecule has 0 unspecified atom stereocenters. The summed E-state index contributed by atoms with van der Waals surface area (Å²) in [4.78, 5) is 19.1. The number of benzene rings is 2. The summed E-state index contributed by atoms with van der Waals surface area (Å²) in [6.45, 7) is 8.66. The van der Waals surface area contributed by atoms with Crippen molar-refractivity contribution in [2.24, 2.45) is 5.92 Å². The summed E-state index contributed by atoms with van der Waals surface area (Å²) in [6.07, 6.45) is -4.42. The van der Waals surface area contributed by atoms with Gasteiger partial charge in [0, 0.05) is 44.8 Å². The fraction of sp³-hybridized carbons (Fsp3) is 0.519. The van der Waals surface area contributed by atoms with E-state index in [2.05, 4.69) is 24.1 Å². The first kappa shape index (κ1) is 27.8. The highest BCUT2D eigenvalue weighted by Gasteiger charge is 2.30. The highest BCUT2D eigenvalue weighted by Crippen LogP contribution is 2.32. The van der Waals surface area contributed by atoms with Crippen LogP contribution in [0.1, 0.15) is 30.5 Å². The lowest BCUT2D eigenvalue weighted by Crippen LogP contribution is -2.39. The predicted octanol–water partition coefficient (Wildman–Crippen LogP) is 4.56. The van der Waals surface area contributed by atoms with Gasteiger partial charge < -0.3 is 19.9 Å². The van der Waals surface area contributed by atoms with Crippen molar-refractivity contribution in [3.8, 4) is 5.75 Å². The molecule has 0 aromatic heterocycles. The normalized spacial score (nSPS) is 14.4. The largest absolute Gasteiger partial charge is 0.490 e. The lowest BCUT2D eigenvalue weighted by atomic mass is 10.1. The molecule has 3 rings (SSSR count). The molecule has 0 bridgehead atoms. The average Bonchev–Trinajstić information content (AvgIpc) is 3.01. The van der Waals surface area contributed by atoms with Crippen LogP contribution in [-0.2, 0) is 24.1 Å². The first-order chi connectivity index (χ1) is 17.0. The average molecular weight is 507 g/mol. The van der Waals surface area contributed by atoms with E-state index in [0.29, 0.717) is 31.2 Å². The van der Waals surface area contributed by atoms with Gasteiger partial charge in [-0.05, 0) is 43.8 Å². The van der Waals surface area contributed by atoms with E-state index in [4.69, 9.17) is 4.74 Å². The highest BCUT2D eigenvalue weighted by atomic mass is 19.4. The molecule has 0 fully saturated rings. The van der Waals surface area contributed by atoms with Gasteiger partial charge in [-0.1, -0.05) is 38.1 Å². The van der Waals surface area contributed by atoms with E-state index in [1.54, 1.807) is 11.0 Å². The van der Waals surface area contributed by atoms with Crippen molar-refractivity contribution >= 4 is 11.6 Å². The number of carbonyl (C=O) groups excluding carboxylic acids is 1. The molecule has 36 heavy (non-hydrogen) atoms. The first-order valence-corrected chi connectivity index (χ1v) is 12.3. The number of alkyl halides is 3. The van der Waals surface area contributed by atoms with Crippen molar-refractivity contribution in [3.05, 3.63) is 59.2 Å². The van der Waals surface area contributed by atoms with Gasteiger partial charge in [0.25, 0.3) is 0 Å². The van der Waals surface area contributed by atoms with E-state index in [0.717, 1.165) is 48.8 Å². The number of nitrogens with one attached hydrogen (secondary N) is 1. The van der Waals surface area contributed by atoms with Crippen molar-refractivity contribution in [1.82, 2.24) is 14.7 Å². The standard InChI is InChI=1S/C27H37F3N4O2/c1-20(2)17-33-13-14-36-26-22(19-33)8-6-10-24(26)31-16-25(35)34(12-11-32(3)4)18-21-7-5-9-23(15-21)27(28,29)30/h5-10,15,20,31H,11-14,16-19H2,1-4H3. The van der Waals surface area contributed by atoms with Gasteiger partial charge in [0.2, 0.25) is 5.91 Å². The third-order valence-electron chi connectivity index (χ3n) is 6.00. The topological polar surface area (TPSA) is 48.1 Å². The minimum atomic E-state index is -4.42. The summed E-state index contributed by atoms with van der Waals surface area (Å²) < 4.78 is 45.6. The molecule has 1 heterocycles. The van der Waals surface area contributed by atoms with Crippen molar-refractivity contribution in [3.63, 3.8) is 0 Å². The van der Waals surface area contributed by atoms with Crippen LogP contribution in [0.4, 0.5) is 18.9 Å². The molecule has 198 valence electrons. The zero-order valence-electron chi connectivity index (χ0n) is 21.6. The molecule has 1 N–H and O–H groups in total. The zero-order valence-corrected chi connectivity index (χ0v) is 21.6. The predicted molar refractivity (Wildman–Crippen MR) is 136 cm³/mol. The van der Waals surface area contributed by atoms with Crippen LogP contribution in [-0.4, -0.2) is 74.0 Å². The number of hydrogen-bond acceptors (Lipinski definition) is 5. The van der Waals surface area contributed by atoms with Crippen molar-refractivity contribution in [2.45, 2.75) is 33.1 Å². The second-order valence-corrected chi connectivity index (χ2v) is 9.94. The molecule has 0 atom stereocenters. The molecule has 0 saturated heterocycles. The Balaban J connectivity index is 1.71. The Hall–Kier alpha value is -2.78. The molecule has 1 aliphatic rings. The number of hydrogen-bond donors (Lipinski definition) is 1. The molecular weight excluding hydrogens is 469 g/mol. The van der Waals surface area contributed by atoms with Crippen molar-refractivity contribution < 1.29 is 22.7 Å². The number of likely N-dealkylation sites (N-methyl/N-ethyl adjacent to an activating group) is 1. The zero-order chi connectivity index (χ0) is 26.3. The summed E-state index contributed by atoms with van der Waals surface area (Å²) >= 11 is 0. The molecule has 6 nitrogen and oxygen atoms in total. The Kier molecular flexibility index (Phi) is 9.62. The van der Waals surface area contributed by atoms with E-state index >= 15 is 0 Å². The van der Waals surface area contributed by atoms with Crippen LogP contribution in [0.15, 0.2) is 42.5 Å². The number of amides is 1. The summed E-state index contributed by atoms with van der Waals surface area (Å²) in [5.41, 5.74) is 1.55. The van der Waals surface area contributed by atoms with E-state index in [9.17, 15) is 18.0 Å². The Morgan fingerprint density at radius 2 is 1.89 bits per heavy atom. The van der Waals surface area contributed by atoms with Gasteiger partial charge >= 0.3 is 6.18 Å². The van der Waals surface area contributed by atoms with E-state index < -0.39 is 11.7 Å².